The van der Waals surface area contributed by atoms with Gasteiger partial charge in [-0.3, -0.25) is 14.6 Å². The molecule has 3 heterocycles. The molecule has 1 amide bonds. The number of anilines is 2. The van der Waals surface area contributed by atoms with Crippen molar-refractivity contribution in [1.82, 2.24) is 15.0 Å². The Balaban J connectivity index is 1.69. The lowest BCUT2D eigenvalue weighted by atomic mass is 10.0. The first-order valence-electron chi connectivity index (χ1n) is 9.96. The fraction of sp³-hybridized carbons (Fsp3) is 0.476. The molecule has 1 saturated carbocycles. The maximum atomic E-state index is 12.9. The van der Waals surface area contributed by atoms with Gasteiger partial charge in [0.15, 0.2) is 11.6 Å². The van der Waals surface area contributed by atoms with Crippen molar-refractivity contribution in [2.45, 2.75) is 57.5 Å². The van der Waals surface area contributed by atoms with Gasteiger partial charge in [-0.15, -0.1) is 0 Å². The normalized spacial score (nSPS) is 19.8. The molecule has 0 saturated heterocycles. The minimum Gasteiger partial charge on any atom is -0.340 e. The number of likely N-dealkylation sites (N-methyl/N-ethyl adjacent to an activating group) is 1. The molecular weight excluding hydrogens is 354 g/mol. The highest BCUT2D eigenvalue weighted by atomic mass is 16.2. The molecule has 4 rings (SSSR count). The second kappa shape index (κ2) is 7.66. The molecule has 2 aromatic rings. The maximum Gasteiger partial charge on any atom is 0.249 e. The van der Waals surface area contributed by atoms with Gasteiger partial charge in [0.05, 0.1) is 12.6 Å². The number of ketones is 1. The number of rotatable bonds is 5. The number of carbonyl (C=O) groups excluding carboxylic acids is 2. The summed E-state index contributed by atoms with van der Waals surface area (Å²) in [6.45, 7) is 2.04. The predicted octanol–water partition coefficient (Wildman–Crippen LogP) is 2.80. The van der Waals surface area contributed by atoms with Crippen molar-refractivity contribution in [2.24, 2.45) is 0 Å². The Labute approximate surface area is 164 Å². The van der Waals surface area contributed by atoms with Gasteiger partial charge < -0.3 is 9.80 Å². The number of aromatic nitrogens is 3. The highest BCUT2D eigenvalue weighted by molar-refractivity contribution is 6.04. The Kier molecular flexibility index (Phi) is 5.07. The Bertz CT molecular complexity index is 880. The van der Waals surface area contributed by atoms with Crippen molar-refractivity contribution in [2.75, 3.05) is 16.8 Å². The SMILES string of the molecule is CC[C@@H]1C(=O)N(C)c2cnc(CC(=O)c3ccccn3)nc2N1C1CCCC1. The molecule has 1 fully saturated rings. The van der Waals surface area contributed by atoms with Crippen molar-refractivity contribution in [3.63, 3.8) is 0 Å². The standard InChI is InChI=1S/C21H25N5O2/c1-3-16-21(28)25(2)17-13-23-19(12-18(27)15-10-6-7-11-22-15)24-20(17)26(16)14-8-4-5-9-14/h6-7,10-11,13-14,16H,3-5,8-9,12H2,1-2H3/t16-/m1/s1. The lowest BCUT2D eigenvalue weighted by Gasteiger charge is -2.43. The average Bonchev–Trinajstić information content (AvgIpc) is 3.25. The average molecular weight is 379 g/mol. The molecule has 0 spiro atoms. The maximum absolute atomic E-state index is 12.9. The van der Waals surface area contributed by atoms with Gasteiger partial charge in [-0.25, -0.2) is 9.97 Å². The summed E-state index contributed by atoms with van der Waals surface area (Å²) in [4.78, 5) is 42.5. The number of hydrogen-bond acceptors (Lipinski definition) is 6. The Morgan fingerprint density at radius 3 is 2.68 bits per heavy atom. The highest BCUT2D eigenvalue weighted by Crippen LogP contribution is 2.39. The van der Waals surface area contributed by atoms with Crippen LogP contribution in [0.2, 0.25) is 0 Å². The lowest BCUT2D eigenvalue weighted by molar-refractivity contribution is -0.120. The van der Waals surface area contributed by atoms with E-state index in [-0.39, 0.29) is 24.2 Å². The molecular formula is C21H25N5O2. The predicted molar refractivity (Wildman–Crippen MR) is 107 cm³/mol. The van der Waals surface area contributed by atoms with Crippen LogP contribution in [0.5, 0.6) is 0 Å². The minimum absolute atomic E-state index is 0.0859. The smallest absolute Gasteiger partial charge is 0.249 e. The minimum atomic E-state index is -0.213. The Morgan fingerprint density at radius 2 is 2.00 bits per heavy atom. The van der Waals surface area contributed by atoms with Crippen LogP contribution in [-0.2, 0) is 11.2 Å². The second-order valence-electron chi connectivity index (χ2n) is 7.48. The van der Waals surface area contributed by atoms with E-state index in [1.165, 1.54) is 12.8 Å². The van der Waals surface area contributed by atoms with E-state index in [2.05, 4.69) is 14.9 Å². The molecule has 1 atom stereocenters. The molecule has 0 aromatic carbocycles. The zero-order valence-corrected chi connectivity index (χ0v) is 16.3. The van der Waals surface area contributed by atoms with Gasteiger partial charge in [0.1, 0.15) is 23.2 Å². The fourth-order valence-corrected chi connectivity index (χ4v) is 4.27. The summed E-state index contributed by atoms with van der Waals surface area (Å²) in [5.41, 5.74) is 1.13. The van der Waals surface area contributed by atoms with Crippen molar-refractivity contribution >= 4 is 23.2 Å². The van der Waals surface area contributed by atoms with Crippen LogP contribution in [0, 0.1) is 0 Å². The summed E-state index contributed by atoms with van der Waals surface area (Å²) in [5, 5.41) is 0. The molecule has 0 radical (unpaired) electrons. The van der Waals surface area contributed by atoms with Crippen LogP contribution in [0.3, 0.4) is 0 Å². The van der Waals surface area contributed by atoms with Gasteiger partial charge in [0, 0.05) is 19.3 Å². The summed E-state index contributed by atoms with van der Waals surface area (Å²) < 4.78 is 0. The van der Waals surface area contributed by atoms with Gasteiger partial charge in [-0.05, 0) is 31.4 Å². The molecule has 28 heavy (non-hydrogen) atoms. The molecule has 7 heteroatoms. The number of nitrogens with zero attached hydrogens (tertiary/aromatic N) is 5. The third-order valence-corrected chi connectivity index (χ3v) is 5.73. The van der Waals surface area contributed by atoms with Crippen molar-refractivity contribution < 1.29 is 9.59 Å². The van der Waals surface area contributed by atoms with E-state index in [4.69, 9.17) is 4.98 Å². The van der Waals surface area contributed by atoms with Gasteiger partial charge in [0.2, 0.25) is 5.91 Å². The van der Waals surface area contributed by atoms with E-state index < -0.39 is 0 Å². The largest absolute Gasteiger partial charge is 0.340 e. The number of pyridine rings is 1. The molecule has 1 aliphatic carbocycles. The van der Waals surface area contributed by atoms with E-state index in [9.17, 15) is 9.59 Å². The van der Waals surface area contributed by atoms with Crippen LogP contribution in [0.25, 0.3) is 0 Å². The summed E-state index contributed by atoms with van der Waals surface area (Å²) in [5.74, 6) is 1.22. The first-order valence-corrected chi connectivity index (χ1v) is 9.96. The summed E-state index contributed by atoms with van der Waals surface area (Å²) in [6.07, 6.45) is 8.59. The molecule has 1 aliphatic heterocycles. The monoisotopic (exact) mass is 379 g/mol. The topological polar surface area (TPSA) is 79.3 Å². The Morgan fingerprint density at radius 1 is 1.21 bits per heavy atom. The van der Waals surface area contributed by atoms with Crippen LogP contribution in [0.15, 0.2) is 30.6 Å². The van der Waals surface area contributed by atoms with Gasteiger partial charge >= 0.3 is 0 Å². The number of hydrogen-bond donors (Lipinski definition) is 0. The fourth-order valence-electron chi connectivity index (χ4n) is 4.27. The molecule has 2 aliphatic rings. The van der Waals surface area contributed by atoms with E-state index >= 15 is 0 Å². The van der Waals surface area contributed by atoms with Crippen molar-refractivity contribution in [1.29, 1.82) is 0 Å². The first kappa shape index (κ1) is 18.5. The Hall–Kier alpha value is -2.83. The van der Waals surface area contributed by atoms with Crippen LogP contribution >= 0.6 is 0 Å². The number of amides is 1. The third-order valence-electron chi connectivity index (χ3n) is 5.73. The van der Waals surface area contributed by atoms with Gasteiger partial charge in [-0.1, -0.05) is 25.8 Å². The summed E-state index contributed by atoms with van der Waals surface area (Å²) in [7, 11) is 1.78. The molecule has 2 aromatic heterocycles. The van der Waals surface area contributed by atoms with E-state index in [1.807, 2.05) is 6.92 Å². The molecule has 0 bridgehead atoms. The van der Waals surface area contributed by atoms with Gasteiger partial charge in [0.25, 0.3) is 0 Å². The quantitative estimate of drug-likeness (QED) is 0.743. The number of carbonyl (C=O) groups is 2. The third kappa shape index (κ3) is 3.25. The van der Waals surface area contributed by atoms with E-state index in [0.29, 0.717) is 17.6 Å². The van der Waals surface area contributed by atoms with Crippen LogP contribution in [0.1, 0.15) is 55.3 Å². The van der Waals surface area contributed by atoms with Gasteiger partial charge in [-0.2, -0.15) is 0 Å². The number of fused-ring (bicyclic) bond motifs is 1. The first-order chi connectivity index (χ1) is 13.6. The highest BCUT2D eigenvalue weighted by Gasteiger charge is 2.41. The molecule has 0 unspecified atom stereocenters. The summed E-state index contributed by atoms with van der Waals surface area (Å²) in [6, 6.07) is 5.38. The molecule has 7 nitrogen and oxygen atoms in total. The zero-order chi connectivity index (χ0) is 19.7. The second-order valence-corrected chi connectivity index (χ2v) is 7.48. The van der Waals surface area contributed by atoms with Crippen molar-refractivity contribution in [3.8, 4) is 0 Å². The van der Waals surface area contributed by atoms with Crippen molar-refractivity contribution in [3.05, 3.63) is 42.1 Å². The van der Waals surface area contributed by atoms with Crippen LogP contribution in [0.4, 0.5) is 11.5 Å². The molecule has 146 valence electrons. The molecule has 0 N–H and O–H groups in total. The van der Waals surface area contributed by atoms with Crippen LogP contribution < -0.4 is 9.80 Å². The zero-order valence-electron chi connectivity index (χ0n) is 16.3. The van der Waals surface area contributed by atoms with E-state index in [1.54, 1.807) is 42.5 Å². The summed E-state index contributed by atoms with van der Waals surface area (Å²) >= 11 is 0. The number of Topliss-reactive ketones (excluding diaryl/α,β-unsaturated/α-hetero) is 1. The lowest BCUT2D eigenvalue weighted by Crippen LogP contribution is -2.55. The van der Waals surface area contributed by atoms with E-state index in [0.717, 1.165) is 30.8 Å². The van der Waals surface area contributed by atoms with Crippen LogP contribution in [-0.4, -0.2) is 45.8 Å².